The molecule has 1 saturated heterocycles. The largest absolute Gasteiger partial charge is 0.439 e. The van der Waals surface area contributed by atoms with Crippen molar-refractivity contribution in [2.24, 2.45) is 0 Å². The quantitative estimate of drug-likeness (QED) is 0.701. The standard InChI is InChI=1S/C22H15FN2O2/c23-18-14-13-17(12-11-15-7-3-1-4-8-15)24-19(18)20-21(27-22(26)25-20)16-9-5-2-6-10-16/h1-10,13-14,20-21H,(H,25,26). The highest BCUT2D eigenvalue weighted by Gasteiger charge is 2.38. The molecule has 0 spiro atoms. The van der Waals surface area contributed by atoms with Crippen molar-refractivity contribution in [3.05, 3.63) is 101 Å². The van der Waals surface area contributed by atoms with E-state index in [1.54, 1.807) is 0 Å². The summed E-state index contributed by atoms with van der Waals surface area (Å²) in [6.07, 6.45) is -1.26. The Morgan fingerprint density at radius 2 is 1.63 bits per heavy atom. The highest BCUT2D eigenvalue weighted by Crippen LogP contribution is 2.36. The van der Waals surface area contributed by atoms with Crippen LogP contribution in [0.1, 0.15) is 34.7 Å². The minimum absolute atomic E-state index is 0.106. The van der Waals surface area contributed by atoms with Crippen molar-refractivity contribution in [3.63, 3.8) is 0 Å². The number of hydrogen-bond acceptors (Lipinski definition) is 3. The molecule has 5 heteroatoms. The Balaban J connectivity index is 1.68. The van der Waals surface area contributed by atoms with Gasteiger partial charge in [-0.2, -0.15) is 0 Å². The van der Waals surface area contributed by atoms with E-state index in [0.29, 0.717) is 5.69 Å². The fraction of sp³-hybridized carbons (Fsp3) is 0.0909. The molecule has 1 fully saturated rings. The molecule has 2 unspecified atom stereocenters. The maximum Gasteiger partial charge on any atom is 0.408 e. The minimum Gasteiger partial charge on any atom is -0.439 e. The number of hydrogen-bond donors (Lipinski definition) is 1. The van der Waals surface area contributed by atoms with Crippen LogP contribution in [0, 0.1) is 17.7 Å². The zero-order valence-corrected chi connectivity index (χ0v) is 14.2. The van der Waals surface area contributed by atoms with Gasteiger partial charge in [-0.25, -0.2) is 14.2 Å². The summed E-state index contributed by atoms with van der Waals surface area (Å²) in [6, 6.07) is 20.8. The maximum atomic E-state index is 14.5. The first-order valence-corrected chi connectivity index (χ1v) is 8.46. The highest BCUT2D eigenvalue weighted by molar-refractivity contribution is 5.71. The normalized spacial score (nSPS) is 18.2. The lowest BCUT2D eigenvalue weighted by atomic mass is 9.99. The fourth-order valence-corrected chi connectivity index (χ4v) is 2.94. The average molecular weight is 358 g/mol. The molecule has 0 aliphatic carbocycles. The number of pyridine rings is 1. The second kappa shape index (κ2) is 7.30. The predicted octanol–water partition coefficient (Wildman–Crippen LogP) is 4.14. The Labute approximate surface area is 156 Å². The Kier molecular flexibility index (Phi) is 4.54. The number of carbonyl (C=O) groups is 1. The lowest BCUT2D eigenvalue weighted by Gasteiger charge is -2.17. The van der Waals surface area contributed by atoms with E-state index in [0.717, 1.165) is 11.1 Å². The average Bonchev–Trinajstić information content (AvgIpc) is 3.10. The first-order valence-electron chi connectivity index (χ1n) is 8.46. The van der Waals surface area contributed by atoms with Gasteiger partial charge < -0.3 is 10.1 Å². The van der Waals surface area contributed by atoms with Crippen LogP contribution in [-0.2, 0) is 4.74 Å². The summed E-state index contributed by atoms with van der Waals surface area (Å²) >= 11 is 0. The molecule has 1 amide bonds. The molecule has 1 aliphatic heterocycles. The van der Waals surface area contributed by atoms with Crippen LogP contribution in [0.2, 0.25) is 0 Å². The van der Waals surface area contributed by atoms with E-state index in [1.807, 2.05) is 60.7 Å². The Hall–Kier alpha value is -3.65. The predicted molar refractivity (Wildman–Crippen MR) is 98.2 cm³/mol. The van der Waals surface area contributed by atoms with Gasteiger partial charge in [0, 0.05) is 5.56 Å². The number of benzene rings is 2. The molecule has 0 radical (unpaired) electrons. The van der Waals surface area contributed by atoms with Crippen LogP contribution in [-0.4, -0.2) is 11.1 Å². The van der Waals surface area contributed by atoms with Crippen molar-refractivity contribution >= 4 is 6.09 Å². The van der Waals surface area contributed by atoms with Crippen LogP contribution < -0.4 is 5.32 Å². The Morgan fingerprint density at radius 3 is 2.37 bits per heavy atom. The van der Waals surface area contributed by atoms with E-state index in [9.17, 15) is 9.18 Å². The molecule has 0 bridgehead atoms. The Morgan fingerprint density at radius 1 is 0.926 bits per heavy atom. The molecular formula is C22H15FN2O2. The van der Waals surface area contributed by atoms with Gasteiger partial charge in [0.05, 0.1) is 0 Å². The number of halogens is 1. The monoisotopic (exact) mass is 358 g/mol. The number of cyclic esters (lactones) is 1. The number of aromatic nitrogens is 1. The molecule has 0 saturated carbocycles. The van der Waals surface area contributed by atoms with Gasteiger partial charge in [-0.05, 0) is 35.7 Å². The first kappa shape index (κ1) is 16.8. The van der Waals surface area contributed by atoms with Gasteiger partial charge in [-0.1, -0.05) is 54.5 Å². The zero-order valence-electron chi connectivity index (χ0n) is 14.2. The molecule has 27 heavy (non-hydrogen) atoms. The van der Waals surface area contributed by atoms with Gasteiger partial charge in [-0.3, -0.25) is 0 Å². The molecular weight excluding hydrogens is 343 g/mol. The van der Waals surface area contributed by atoms with E-state index >= 15 is 0 Å². The van der Waals surface area contributed by atoms with Gasteiger partial charge in [0.2, 0.25) is 0 Å². The molecule has 1 aromatic heterocycles. The van der Waals surface area contributed by atoms with Crippen LogP contribution in [0.4, 0.5) is 9.18 Å². The number of nitrogens with zero attached hydrogens (tertiary/aromatic N) is 1. The van der Waals surface area contributed by atoms with Gasteiger partial charge in [-0.15, -0.1) is 0 Å². The van der Waals surface area contributed by atoms with Crippen molar-refractivity contribution in [1.82, 2.24) is 10.3 Å². The summed E-state index contributed by atoms with van der Waals surface area (Å²) < 4.78 is 19.8. The zero-order chi connectivity index (χ0) is 18.6. The summed E-state index contributed by atoms with van der Waals surface area (Å²) in [6.45, 7) is 0. The van der Waals surface area contributed by atoms with E-state index in [1.165, 1.54) is 12.1 Å². The molecule has 3 aromatic rings. The van der Waals surface area contributed by atoms with Gasteiger partial charge in [0.25, 0.3) is 0 Å². The van der Waals surface area contributed by atoms with Crippen molar-refractivity contribution in [2.45, 2.75) is 12.1 Å². The summed E-state index contributed by atoms with van der Waals surface area (Å²) in [5, 5.41) is 2.65. The number of carbonyl (C=O) groups excluding carboxylic acids is 1. The van der Waals surface area contributed by atoms with E-state index in [2.05, 4.69) is 22.1 Å². The van der Waals surface area contributed by atoms with Gasteiger partial charge in [0.1, 0.15) is 23.2 Å². The lowest BCUT2D eigenvalue weighted by molar-refractivity contribution is 0.131. The fourth-order valence-electron chi connectivity index (χ4n) is 2.94. The van der Waals surface area contributed by atoms with Crippen molar-refractivity contribution in [1.29, 1.82) is 0 Å². The molecule has 132 valence electrons. The number of nitrogens with one attached hydrogen (secondary N) is 1. The molecule has 4 rings (SSSR count). The summed E-state index contributed by atoms with van der Waals surface area (Å²) in [7, 11) is 0. The molecule has 1 N–H and O–H groups in total. The molecule has 4 nitrogen and oxygen atoms in total. The maximum absolute atomic E-state index is 14.5. The third-order valence-corrected chi connectivity index (χ3v) is 4.21. The van der Waals surface area contributed by atoms with Crippen LogP contribution in [0.5, 0.6) is 0 Å². The van der Waals surface area contributed by atoms with Crippen molar-refractivity contribution in [2.75, 3.05) is 0 Å². The number of rotatable bonds is 2. The smallest absolute Gasteiger partial charge is 0.408 e. The van der Waals surface area contributed by atoms with Gasteiger partial charge in [0.15, 0.2) is 6.10 Å². The second-order valence-electron chi connectivity index (χ2n) is 6.04. The summed E-state index contributed by atoms with van der Waals surface area (Å²) in [5.41, 5.74) is 2.13. The second-order valence-corrected chi connectivity index (χ2v) is 6.04. The van der Waals surface area contributed by atoms with E-state index in [-0.39, 0.29) is 5.69 Å². The third-order valence-electron chi connectivity index (χ3n) is 4.21. The molecule has 1 aliphatic rings. The highest BCUT2D eigenvalue weighted by atomic mass is 19.1. The molecule has 2 aromatic carbocycles. The first-order chi connectivity index (χ1) is 13.2. The summed E-state index contributed by atoms with van der Waals surface area (Å²) in [4.78, 5) is 16.1. The van der Waals surface area contributed by atoms with Crippen LogP contribution in [0.3, 0.4) is 0 Å². The molecule has 2 atom stereocenters. The lowest BCUT2D eigenvalue weighted by Crippen LogP contribution is -2.22. The van der Waals surface area contributed by atoms with E-state index < -0.39 is 24.1 Å². The third kappa shape index (κ3) is 3.65. The topological polar surface area (TPSA) is 51.2 Å². The van der Waals surface area contributed by atoms with Crippen LogP contribution in [0.25, 0.3) is 0 Å². The van der Waals surface area contributed by atoms with E-state index in [4.69, 9.17) is 4.74 Å². The number of alkyl carbamates (subject to hydrolysis) is 1. The SMILES string of the molecule is O=C1NC(c2nc(C#Cc3ccccc3)ccc2F)C(c2ccccc2)O1. The van der Waals surface area contributed by atoms with Crippen molar-refractivity contribution in [3.8, 4) is 11.8 Å². The summed E-state index contributed by atoms with van der Waals surface area (Å²) in [5.74, 6) is 5.42. The number of amides is 1. The van der Waals surface area contributed by atoms with Gasteiger partial charge >= 0.3 is 6.09 Å². The molecule has 2 heterocycles. The minimum atomic E-state index is -0.724. The van der Waals surface area contributed by atoms with Crippen molar-refractivity contribution < 1.29 is 13.9 Å². The van der Waals surface area contributed by atoms with Crippen LogP contribution in [0.15, 0.2) is 72.8 Å². The number of ether oxygens (including phenoxy) is 1. The van der Waals surface area contributed by atoms with Crippen LogP contribution >= 0.6 is 0 Å². The Bertz CT molecular complexity index is 1030.